The quantitative estimate of drug-likeness (QED) is 0.790. The van der Waals surface area contributed by atoms with E-state index < -0.39 is 20.0 Å². The zero-order valence-corrected chi connectivity index (χ0v) is 16.0. The maximum absolute atomic E-state index is 13.1. The second-order valence-corrected chi connectivity index (χ2v) is 9.78. The molecule has 7 nitrogen and oxygen atoms in total. The van der Waals surface area contributed by atoms with Crippen molar-refractivity contribution in [2.45, 2.75) is 29.2 Å². The van der Waals surface area contributed by atoms with Crippen molar-refractivity contribution in [3.05, 3.63) is 53.6 Å². The van der Waals surface area contributed by atoms with Gasteiger partial charge in [-0.25, -0.2) is 21.6 Å². The minimum atomic E-state index is -3.78. The lowest BCUT2D eigenvalue weighted by molar-refractivity contribution is 0.583. The standard InChI is InChI=1S/C17H21N3O4S2/c1-19-25(21,22)15-5-7-16(8-6-15)26(23,24)20-10-2-3-14-11-13(12-18)4-9-17(14)20/h4-9,11,19H,2-3,10,12,18H2,1H3. The summed E-state index contributed by atoms with van der Waals surface area (Å²) in [6.45, 7) is 0.787. The molecule has 1 heterocycles. The van der Waals surface area contributed by atoms with Crippen LogP contribution in [0, 0.1) is 0 Å². The molecule has 9 heteroatoms. The van der Waals surface area contributed by atoms with E-state index >= 15 is 0 Å². The van der Waals surface area contributed by atoms with Crippen molar-refractivity contribution in [2.75, 3.05) is 17.9 Å². The summed E-state index contributed by atoms with van der Waals surface area (Å²) in [4.78, 5) is 0.0777. The molecule has 3 N–H and O–H groups in total. The molecule has 0 aromatic heterocycles. The Hall–Kier alpha value is -1.94. The Labute approximate surface area is 153 Å². The van der Waals surface area contributed by atoms with E-state index in [2.05, 4.69) is 4.72 Å². The normalized spacial score (nSPS) is 14.9. The highest BCUT2D eigenvalue weighted by Crippen LogP contribution is 2.32. The molecule has 2 aromatic rings. The number of sulfonamides is 2. The van der Waals surface area contributed by atoms with E-state index in [-0.39, 0.29) is 9.79 Å². The molecule has 0 bridgehead atoms. The molecule has 140 valence electrons. The van der Waals surface area contributed by atoms with Crippen LogP contribution in [-0.4, -0.2) is 30.4 Å². The third-order valence-electron chi connectivity index (χ3n) is 4.45. The van der Waals surface area contributed by atoms with Gasteiger partial charge < -0.3 is 5.73 Å². The zero-order chi connectivity index (χ0) is 18.9. The first-order valence-corrected chi connectivity index (χ1v) is 11.1. The number of anilines is 1. The maximum atomic E-state index is 13.1. The van der Waals surface area contributed by atoms with Gasteiger partial charge in [-0.3, -0.25) is 4.31 Å². The third kappa shape index (κ3) is 3.35. The van der Waals surface area contributed by atoms with Crippen LogP contribution >= 0.6 is 0 Å². The third-order valence-corrected chi connectivity index (χ3v) is 7.70. The number of benzene rings is 2. The molecule has 0 saturated carbocycles. The highest BCUT2D eigenvalue weighted by Gasteiger charge is 2.29. The Morgan fingerprint density at radius 1 is 1.04 bits per heavy atom. The number of nitrogens with one attached hydrogen (secondary N) is 1. The number of nitrogens with two attached hydrogens (primary N) is 1. The Bertz CT molecular complexity index is 1020. The molecule has 0 atom stereocenters. The van der Waals surface area contributed by atoms with E-state index in [9.17, 15) is 16.8 Å². The molecule has 0 aliphatic carbocycles. The van der Waals surface area contributed by atoms with E-state index in [4.69, 9.17) is 5.73 Å². The van der Waals surface area contributed by atoms with Crippen LogP contribution in [0.4, 0.5) is 5.69 Å². The average Bonchev–Trinajstić information content (AvgIpc) is 2.67. The molecule has 0 unspecified atom stereocenters. The minimum Gasteiger partial charge on any atom is -0.326 e. The van der Waals surface area contributed by atoms with E-state index in [1.807, 2.05) is 12.1 Å². The van der Waals surface area contributed by atoms with Crippen molar-refractivity contribution in [3.8, 4) is 0 Å². The van der Waals surface area contributed by atoms with Gasteiger partial charge in [0.15, 0.2) is 0 Å². The summed E-state index contributed by atoms with van der Waals surface area (Å²) < 4.78 is 53.3. The van der Waals surface area contributed by atoms with Crippen LogP contribution in [0.1, 0.15) is 17.5 Å². The maximum Gasteiger partial charge on any atom is 0.264 e. The summed E-state index contributed by atoms with van der Waals surface area (Å²) in [5.74, 6) is 0. The summed E-state index contributed by atoms with van der Waals surface area (Å²) >= 11 is 0. The van der Waals surface area contributed by atoms with Crippen molar-refractivity contribution in [2.24, 2.45) is 5.73 Å². The lowest BCUT2D eigenvalue weighted by Gasteiger charge is -2.31. The molecule has 3 rings (SSSR count). The summed E-state index contributed by atoms with van der Waals surface area (Å²) in [6.07, 6.45) is 1.51. The second-order valence-electron chi connectivity index (χ2n) is 6.03. The van der Waals surface area contributed by atoms with Gasteiger partial charge in [0.2, 0.25) is 10.0 Å². The number of rotatable bonds is 5. The Morgan fingerprint density at radius 2 is 1.69 bits per heavy atom. The van der Waals surface area contributed by atoms with Crippen LogP contribution in [0.3, 0.4) is 0 Å². The summed E-state index contributed by atoms with van der Waals surface area (Å²) in [7, 11) is -6.08. The predicted octanol–water partition coefficient (Wildman–Crippen LogP) is 1.19. The fraction of sp³-hybridized carbons (Fsp3) is 0.294. The van der Waals surface area contributed by atoms with Crippen LogP contribution in [0.15, 0.2) is 52.3 Å². The topological polar surface area (TPSA) is 110 Å². The first-order valence-electron chi connectivity index (χ1n) is 8.18. The summed E-state index contributed by atoms with van der Waals surface area (Å²) in [6, 6.07) is 10.8. The molecular weight excluding hydrogens is 374 g/mol. The molecule has 2 aromatic carbocycles. The Balaban J connectivity index is 2.00. The molecule has 26 heavy (non-hydrogen) atoms. The smallest absolute Gasteiger partial charge is 0.264 e. The van der Waals surface area contributed by atoms with Gasteiger partial charge in [-0.2, -0.15) is 0 Å². The van der Waals surface area contributed by atoms with Crippen molar-refractivity contribution in [3.63, 3.8) is 0 Å². The molecular formula is C17H21N3O4S2. The van der Waals surface area contributed by atoms with Crippen molar-refractivity contribution < 1.29 is 16.8 Å². The van der Waals surface area contributed by atoms with Gasteiger partial charge in [0, 0.05) is 13.1 Å². The van der Waals surface area contributed by atoms with E-state index in [0.29, 0.717) is 25.2 Å². The number of fused-ring (bicyclic) bond motifs is 1. The first kappa shape index (κ1) is 18.8. The van der Waals surface area contributed by atoms with Crippen LogP contribution in [0.2, 0.25) is 0 Å². The van der Waals surface area contributed by atoms with Gasteiger partial charge >= 0.3 is 0 Å². The highest BCUT2D eigenvalue weighted by atomic mass is 32.2. The SMILES string of the molecule is CNS(=O)(=O)c1ccc(S(=O)(=O)N2CCCc3cc(CN)ccc32)cc1. The van der Waals surface area contributed by atoms with E-state index in [1.165, 1.54) is 35.6 Å². The van der Waals surface area contributed by atoms with E-state index in [1.54, 1.807) is 6.07 Å². The lowest BCUT2D eigenvalue weighted by Crippen LogP contribution is -2.35. The highest BCUT2D eigenvalue weighted by molar-refractivity contribution is 7.93. The van der Waals surface area contributed by atoms with Gasteiger partial charge in [-0.15, -0.1) is 0 Å². The monoisotopic (exact) mass is 395 g/mol. The molecule has 1 aliphatic heterocycles. The van der Waals surface area contributed by atoms with Crippen molar-refractivity contribution in [1.82, 2.24) is 4.72 Å². The molecule has 1 aliphatic rings. The van der Waals surface area contributed by atoms with Gasteiger partial charge in [-0.05, 0) is 61.3 Å². The van der Waals surface area contributed by atoms with E-state index in [0.717, 1.165) is 17.5 Å². The Morgan fingerprint density at radius 3 is 2.31 bits per heavy atom. The average molecular weight is 396 g/mol. The first-order chi connectivity index (χ1) is 12.3. The van der Waals surface area contributed by atoms with Crippen LogP contribution in [0.5, 0.6) is 0 Å². The largest absolute Gasteiger partial charge is 0.326 e. The number of nitrogens with zero attached hydrogens (tertiary/aromatic N) is 1. The molecule has 0 amide bonds. The summed E-state index contributed by atoms with van der Waals surface area (Å²) in [5, 5.41) is 0. The second kappa shape index (κ2) is 6.99. The summed E-state index contributed by atoms with van der Waals surface area (Å²) in [5.41, 5.74) is 8.24. The van der Waals surface area contributed by atoms with Crippen LogP contribution in [-0.2, 0) is 33.0 Å². The molecule has 0 fully saturated rings. The Kier molecular flexibility index (Phi) is 5.07. The molecule has 0 radical (unpaired) electrons. The van der Waals surface area contributed by atoms with Gasteiger partial charge in [0.1, 0.15) is 0 Å². The van der Waals surface area contributed by atoms with Crippen molar-refractivity contribution in [1.29, 1.82) is 0 Å². The van der Waals surface area contributed by atoms with Gasteiger partial charge in [0.25, 0.3) is 10.0 Å². The van der Waals surface area contributed by atoms with Crippen LogP contribution < -0.4 is 14.8 Å². The lowest BCUT2D eigenvalue weighted by atomic mass is 10.0. The fourth-order valence-electron chi connectivity index (χ4n) is 3.03. The number of hydrogen-bond acceptors (Lipinski definition) is 5. The predicted molar refractivity (Wildman–Crippen MR) is 99.9 cm³/mol. The van der Waals surface area contributed by atoms with Gasteiger partial charge in [-0.1, -0.05) is 12.1 Å². The number of aryl methyl sites for hydroxylation is 1. The number of hydrogen-bond donors (Lipinski definition) is 2. The van der Waals surface area contributed by atoms with Crippen molar-refractivity contribution >= 4 is 25.7 Å². The molecule has 0 spiro atoms. The molecule has 0 saturated heterocycles. The zero-order valence-electron chi connectivity index (χ0n) is 14.3. The van der Waals surface area contributed by atoms with Gasteiger partial charge in [0.05, 0.1) is 15.5 Å². The minimum absolute atomic E-state index is 0.0191. The van der Waals surface area contributed by atoms with Crippen LogP contribution in [0.25, 0.3) is 0 Å². The fourth-order valence-corrected chi connectivity index (χ4v) is 5.30.